The minimum atomic E-state index is -0.485. The predicted molar refractivity (Wildman–Crippen MR) is 107 cm³/mol. The zero-order valence-electron chi connectivity index (χ0n) is 14.3. The Balaban J connectivity index is 1.66. The van der Waals surface area contributed by atoms with Gasteiger partial charge in [-0.3, -0.25) is 0 Å². The maximum atomic E-state index is 13.2. The first-order valence-corrected chi connectivity index (χ1v) is 10.2. The fourth-order valence-corrected chi connectivity index (χ4v) is 3.80. The summed E-state index contributed by atoms with van der Waals surface area (Å²) in [6.07, 6.45) is 0. The van der Waals surface area contributed by atoms with Crippen LogP contribution in [0.2, 0.25) is 15.1 Å². The molecule has 0 atom stereocenters. The van der Waals surface area contributed by atoms with Crippen molar-refractivity contribution in [3.05, 3.63) is 68.7 Å². The van der Waals surface area contributed by atoms with Gasteiger partial charge in [-0.25, -0.2) is 4.39 Å². The number of ether oxygens (including phenoxy) is 1. The minimum Gasteiger partial charge on any atom is -0.486 e. The molecule has 3 aromatic rings. The van der Waals surface area contributed by atoms with Crippen molar-refractivity contribution in [3.8, 4) is 5.75 Å². The van der Waals surface area contributed by atoms with E-state index in [2.05, 4.69) is 10.2 Å². The van der Waals surface area contributed by atoms with Gasteiger partial charge < -0.3 is 9.30 Å². The summed E-state index contributed by atoms with van der Waals surface area (Å²) in [5.74, 6) is 1.34. The Bertz CT molecular complexity index is 879. The molecule has 0 aliphatic rings. The van der Waals surface area contributed by atoms with E-state index in [9.17, 15) is 4.39 Å². The third kappa shape index (κ3) is 5.08. The highest BCUT2D eigenvalue weighted by Gasteiger charge is 2.13. The zero-order valence-corrected chi connectivity index (χ0v) is 17.3. The molecule has 0 saturated carbocycles. The van der Waals surface area contributed by atoms with Gasteiger partial charge in [0.05, 0.1) is 15.1 Å². The second-order valence-corrected chi connectivity index (χ2v) is 7.71. The molecule has 0 saturated heterocycles. The molecular formula is C18H15Cl3FN3OS. The number of nitrogens with zero attached hydrogens (tertiary/aromatic N) is 3. The smallest absolute Gasteiger partial charge is 0.191 e. The Kier molecular flexibility index (Phi) is 6.87. The molecule has 27 heavy (non-hydrogen) atoms. The van der Waals surface area contributed by atoms with E-state index in [-0.39, 0.29) is 11.6 Å². The van der Waals surface area contributed by atoms with Crippen LogP contribution in [0.4, 0.5) is 4.39 Å². The molecule has 0 amide bonds. The van der Waals surface area contributed by atoms with Crippen molar-refractivity contribution in [3.63, 3.8) is 0 Å². The van der Waals surface area contributed by atoms with Crippen LogP contribution in [0.1, 0.15) is 18.3 Å². The molecule has 0 aliphatic carbocycles. The van der Waals surface area contributed by atoms with Gasteiger partial charge >= 0.3 is 0 Å². The summed E-state index contributed by atoms with van der Waals surface area (Å²) >= 11 is 19.3. The first kappa shape index (κ1) is 20.3. The zero-order chi connectivity index (χ0) is 19.4. The number of hydrogen-bond donors (Lipinski definition) is 0. The lowest BCUT2D eigenvalue weighted by Gasteiger charge is -2.09. The fraction of sp³-hybridized carbons (Fsp3) is 0.222. The quantitative estimate of drug-likeness (QED) is 0.401. The molecule has 0 bridgehead atoms. The first-order valence-electron chi connectivity index (χ1n) is 8.04. The van der Waals surface area contributed by atoms with Crippen LogP contribution in [0, 0.1) is 5.82 Å². The second-order valence-electron chi connectivity index (χ2n) is 5.54. The molecule has 1 aromatic heterocycles. The summed E-state index contributed by atoms with van der Waals surface area (Å²) in [5, 5.41) is 10.3. The van der Waals surface area contributed by atoms with Gasteiger partial charge in [-0.2, -0.15) is 0 Å². The minimum absolute atomic E-state index is 0.0160. The number of rotatable bonds is 7. The van der Waals surface area contributed by atoms with Crippen molar-refractivity contribution >= 4 is 46.6 Å². The van der Waals surface area contributed by atoms with Gasteiger partial charge in [-0.15, -0.1) is 10.2 Å². The number of halogens is 4. The maximum Gasteiger partial charge on any atom is 0.191 e. The lowest BCUT2D eigenvalue weighted by Crippen LogP contribution is -2.07. The van der Waals surface area contributed by atoms with Crippen molar-refractivity contribution in [1.82, 2.24) is 14.8 Å². The normalized spacial score (nSPS) is 11.0. The Morgan fingerprint density at radius 3 is 2.56 bits per heavy atom. The van der Waals surface area contributed by atoms with Gasteiger partial charge in [-0.1, -0.05) is 52.6 Å². The van der Waals surface area contributed by atoms with E-state index >= 15 is 0 Å². The summed E-state index contributed by atoms with van der Waals surface area (Å²) in [7, 11) is 0. The molecule has 3 rings (SSSR count). The largest absolute Gasteiger partial charge is 0.486 e. The number of hydrogen-bond acceptors (Lipinski definition) is 4. The predicted octanol–water partition coefficient (Wildman–Crippen LogP) is 6.27. The van der Waals surface area contributed by atoms with Gasteiger partial charge in [0.25, 0.3) is 0 Å². The van der Waals surface area contributed by atoms with Crippen LogP contribution < -0.4 is 4.74 Å². The second kappa shape index (κ2) is 9.15. The van der Waals surface area contributed by atoms with Crippen LogP contribution in [-0.2, 0) is 18.9 Å². The molecule has 0 spiro atoms. The summed E-state index contributed by atoms with van der Waals surface area (Å²) in [4.78, 5) is 0. The van der Waals surface area contributed by atoms with Crippen molar-refractivity contribution in [1.29, 1.82) is 0 Å². The van der Waals surface area contributed by atoms with Crippen LogP contribution in [0.25, 0.3) is 0 Å². The van der Waals surface area contributed by atoms with Crippen molar-refractivity contribution < 1.29 is 9.13 Å². The van der Waals surface area contributed by atoms with E-state index in [1.54, 1.807) is 17.8 Å². The molecule has 4 nitrogen and oxygen atoms in total. The molecule has 0 fully saturated rings. The van der Waals surface area contributed by atoms with Crippen LogP contribution in [0.5, 0.6) is 5.75 Å². The molecular weight excluding hydrogens is 432 g/mol. The molecule has 0 aliphatic heterocycles. The van der Waals surface area contributed by atoms with Gasteiger partial charge in [0.15, 0.2) is 11.0 Å². The summed E-state index contributed by atoms with van der Waals surface area (Å²) in [6.45, 7) is 2.90. The highest BCUT2D eigenvalue weighted by molar-refractivity contribution is 7.98. The number of aromatic nitrogens is 3. The van der Waals surface area contributed by atoms with Crippen molar-refractivity contribution in [2.45, 2.75) is 31.0 Å². The average molecular weight is 447 g/mol. The Labute approximate surface area is 175 Å². The molecule has 2 aromatic carbocycles. The Hall–Kier alpha value is -1.47. The number of thioether (sulfide) groups is 1. The molecule has 0 radical (unpaired) electrons. The highest BCUT2D eigenvalue weighted by atomic mass is 35.5. The van der Waals surface area contributed by atoms with E-state index in [0.29, 0.717) is 33.9 Å². The van der Waals surface area contributed by atoms with E-state index < -0.39 is 5.82 Å². The Morgan fingerprint density at radius 2 is 1.85 bits per heavy atom. The van der Waals surface area contributed by atoms with Gasteiger partial charge in [0, 0.05) is 18.4 Å². The molecule has 1 heterocycles. The van der Waals surface area contributed by atoms with E-state index in [1.165, 1.54) is 18.2 Å². The molecule has 142 valence electrons. The molecule has 0 N–H and O–H groups in total. The van der Waals surface area contributed by atoms with E-state index in [4.69, 9.17) is 39.5 Å². The van der Waals surface area contributed by atoms with Crippen LogP contribution in [0.3, 0.4) is 0 Å². The van der Waals surface area contributed by atoms with Gasteiger partial charge in [0.2, 0.25) is 0 Å². The van der Waals surface area contributed by atoms with Crippen molar-refractivity contribution in [2.24, 2.45) is 0 Å². The molecule has 0 unspecified atom stereocenters. The Morgan fingerprint density at radius 1 is 1.04 bits per heavy atom. The lowest BCUT2D eigenvalue weighted by atomic mass is 10.2. The third-order valence-electron chi connectivity index (χ3n) is 3.72. The fourth-order valence-electron chi connectivity index (χ4n) is 2.34. The molecule has 9 heteroatoms. The first-order chi connectivity index (χ1) is 13.0. The van der Waals surface area contributed by atoms with E-state index in [0.717, 1.165) is 10.7 Å². The highest BCUT2D eigenvalue weighted by Crippen LogP contribution is 2.28. The summed E-state index contributed by atoms with van der Waals surface area (Å²) in [6, 6.07) is 9.76. The van der Waals surface area contributed by atoms with E-state index in [1.807, 2.05) is 23.6 Å². The average Bonchev–Trinajstić information content (AvgIpc) is 3.05. The van der Waals surface area contributed by atoms with Crippen LogP contribution >= 0.6 is 46.6 Å². The summed E-state index contributed by atoms with van der Waals surface area (Å²) < 4.78 is 20.8. The van der Waals surface area contributed by atoms with Crippen LogP contribution in [-0.4, -0.2) is 14.8 Å². The van der Waals surface area contributed by atoms with Gasteiger partial charge in [0.1, 0.15) is 18.2 Å². The standard InChI is InChI=1S/C18H15Cl3FN3OS/c1-2-25-17(9-26-12-4-6-16(22)15(21)8-12)23-24-18(25)27-10-11-3-5-13(19)14(20)7-11/h3-8H,2,9-10H2,1H3. The van der Waals surface area contributed by atoms with Crippen LogP contribution in [0.15, 0.2) is 41.6 Å². The topological polar surface area (TPSA) is 39.9 Å². The lowest BCUT2D eigenvalue weighted by molar-refractivity contribution is 0.288. The van der Waals surface area contributed by atoms with Crippen molar-refractivity contribution in [2.75, 3.05) is 0 Å². The monoisotopic (exact) mass is 445 g/mol. The third-order valence-corrected chi connectivity index (χ3v) is 5.79. The SMILES string of the molecule is CCn1c(COc2ccc(F)c(Cl)c2)nnc1SCc1ccc(Cl)c(Cl)c1. The summed E-state index contributed by atoms with van der Waals surface area (Å²) in [5.41, 5.74) is 1.04. The number of benzene rings is 2. The van der Waals surface area contributed by atoms with Gasteiger partial charge in [-0.05, 0) is 36.8 Å². The maximum absolute atomic E-state index is 13.2.